The third-order valence-corrected chi connectivity index (χ3v) is 5.44. The SMILES string of the molecule is Cl.NC1CCC2CN(C(=O)CCNc3ccc(C(F)(F)F)cc3[N+](=O)[O-])CC12. The smallest absolute Gasteiger partial charge is 0.379 e. The van der Waals surface area contributed by atoms with Crippen LogP contribution >= 0.6 is 12.4 Å². The Hall–Kier alpha value is -2.07. The highest BCUT2D eigenvalue weighted by Crippen LogP contribution is 2.37. The number of rotatable bonds is 5. The summed E-state index contributed by atoms with van der Waals surface area (Å²) in [5, 5.41) is 13.8. The second-order valence-electron chi connectivity index (χ2n) is 7.13. The van der Waals surface area contributed by atoms with Crippen LogP contribution in [-0.4, -0.2) is 41.4 Å². The number of fused-ring (bicyclic) bond motifs is 1. The molecule has 1 aliphatic heterocycles. The zero-order valence-electron chi connectivity index (χ0n) is 14.9. The number of nitro benzene ring substituents is 1. The third kappa shape index (κ3) is 4.67. The number of nitrogens with one attached hydrogen (secondary N) is 1. The van der Waals surface area contributed by atoms with Crippen LogP contribution in [0.5, 0.6) is 0 Å². The van der Waals surface area contributed by atoms with Crippen LogP contribution in [0.2, 0.25) is 0 Å². The number of benzene rings is 1. The second kappa shape index (κ2) is 8.52. The van der Waals surface area contributed by atoms with Gasteiger partial charge in [-0.15, -0.1) is 12.4 Å². The monoisotopic (exact) mass is 422 g/mol. The summed E-state index contributed by atoms with van der Waals surface area (Å²) < 4.78 is 38.1. The van der Waals surface area contributed by atoms with Crippen LogP contribution in [0.15, 0.2) is 18.2 Å². The van der Waals surface area contributed by atoms with Crippen molar-refractivity contribution < 1.29 is 22.9 Å². The summed E-state index contributed by atoms with van der Waals surface area (Å²) in [6, 6.07) is 2.42. The molecule has 2 aliphatic rings. The lowest BCUT2D eigenvalue weighted by atomic mass is 9.98. The Balaban J connectivity index is 0.00000280. The van der Waals surface area contributed by atoms with Gasteiger partial charge in [0.05, 0.1) is 10.5 Å². The van der Waals surface area contributed by atoms with Gasteiger partial charge in [0.25, 0.3) is 5.69 Å². The fourth-order valence-electron chi connectivity index (χ4n) is 3.98. The molecule has 3 unspecified atom stereocenters. The maximum Gasteiger partial charge on any atom is 0.416 e. The molecule has 3 N–H and O–H groups in total. The maximum atomic E-state index is 12.7. The van der Waals surface area contributed by atoms with Crippen molar-refractivity contribution in [2.45, 2.75) is 31.5 Å². The van der Waals surface area contributed by atoms with Gasteiger partial charge in [0.1, 0.15) is 5.69 Å². The van der Waals surface area contributed by atoms with Gasteiger partial charge in [0.15, 0.2) is 0 Å². The number of likely N-dealkylation sites (tertiary alicyclic amines) is 1. The normalized spacial score (nSPS) is 23.9. The zero-order chi connectivity index (χ0) is 19.8. The van der Waals surface area contributed by atoms with Crippen molar-refractivity contribution >= 4 is 29.7 Å². The van der Waals surface area contributed by atoms with Crippen LogP contribution in [0.1, 0.15) is 24.8 Å². The Kier molecular flexibility index (Phi) is 6.76. The summed E-state index contributed by atoms with van der Waals surface area (Å²) in [5.74, 6) is 0.685. The fourth-order valence-corrected chi connectivity index (χ4v) is 3.98. The van der Waals surface area contributed by atoms with Crippen LogP contribution in [0.3, 0.4) is 0 Å². The van der Waals surface area contributed by atoms with E-state index in [2.05, 4.69) is 5.32 Å². The highest BCUT2D eigenvalue weighted by Gasteiger charge is 2.42. The molecule has 1 saturated heterocycles. The molecule has 1 aliphatic carbocycles. The van der Waals surface area contributed by atoms with Gasteiger partial charge < -0.3 is 16.0 Å². The number of nitrogens with zero attached hydrogens (tertiary/aromatic N) is 2. The first-order valence-corrected chi connectivity index (χ1v) is 8.79. The number of hydrogen-bond donors (Lipinski definition) is 2. The molecular weight excluding hydrogens is 401 g/mol. The third-order valence-electron chi connectivity index (χ3n) is 5.44. The molecule has 0 radical (unpaired) electrons. The number of carbonyl (C=O) groups is 1. The molecule has 0 bridgehead atoms. The zero-order valence-corrected chi connectivity index (χ0v) is 15.8. The van der Waals surface area contributed by atoms with Gasteiger partial charge in [-0.2, -0.15) is 13.2 Å². The summed E-state index contributed by atoms with van der Waals surface area (Å²) in [7, 11) is 0. The Morgan fingerprint density at radius 3 is 2.64 bits per heavy atom. The van der Waals surface area contributed by atoms with Crippen molar-refractivity contribution in [3.05, 3.63) is 33.9 Å². The summed E-state index contributed by atoms with van der Waals surface area (Å²) >= 11 is 0. The van der Waals surface area contributed by atoms with Crippen molar-refractivity contribution in [1.29, 1.82) is 0 Å². The molecule has 2 fully saturated rings. The highest BCUT2D eigenvalue weighted by atomic mass is 35.5. The molecule has 3 rings (SSSR count). The van der Waals surface area contributed by atoms with E-state index in [1.165, 1.54) is 0 Å². The van der Waals surface area contributed by atoms with Gasteiger partial charge in [-0.1, -0.05) is 0 Å². The van der Waals surface area contributed by atoms with E-state index in [1.807, 2.05) is 0 Å². The Morgan fingerprint density at radius 2 is 2.04 bits per heavy atom. The number of amides is 1. The van der Waals surface area contributed by atoms with Crippen molar-refractivity contribution in [1.82, 2.24) is 4.90 Å². The molecule has 3 atom stereocenters. The van der Waals surface area contributed by atoms with Gasteiger partial charge in [0, 0.05) is 38.2 Å². The number of carbonyl (C=O) groups excluding carboxylic acids is 1. The molecule has 1 saturated carbocycles. The molecule has 1 amide bonds. The Labute approximate surface area is 166 Å². The van der Waals surface area contributed by atoms with Gasteiger partial charge >= 0.3 is 6.18 Å². The van der Waals surface area contributed by atoms with Crippen molar-refractivity contribution in [2.24, 2.45) is 17.6 Å². The van der Waals surface area contributed by atoms with Crippen LogP contribution < -0.4 is 11.1 Å². The fraction of sp³-hybridized carbons (Fsp3) is 0.588. The molecule has 1 aromatic carbocycles. The summed E-state index contributed by atoms with van der Waals surface area (Å²) in [4.78, 5) is 24.3. The predicted octanol–water partition coefficient (Wildman–Crippen LogP) is 3.03. The number of anilines is 1. The quantitative estimate of drug-likeness (QED) is 0.561. The van der Waals surface area contributed by atoms with Gasteiger partial charge in [-0.05, 0) is 36.8 Å². The van der Waals surface area contributed by atoms with E-state index >= 15 is 0 Å². The maximum absolute atomic E-state index is 12.7. The lowest BCUT2D eigenvalue weighted by Gasteiger charge is -2.19. The van der Waals surface area contributed by atoms with E-state index < -0.39 is 22.4 Å². The van der Waals surface area contributed by atoms with E-state index in [1.54, 1.807) is 4.90 Å². The standard InChI is InChI=1S/C17H21F3N4O3.ClH/c18-17(19,20)11-2-4-14(15(7-11)24(26)27)22-6-5-16(25)23-8-10-1-3-13(21)12(10)9-23;/h2,4,7,10,12-13,22H,1,3,5-6,8-9,21H2;1H. The minimum Gasteiger partial charge on any atom is -0.379 e. The van der Waals surface area contributed by atoms with E-state index in [0.717, 1.165) is 25.0 Å². The first-order valence-electron chi connectivity index (χ1n) is 8.79. The lowest BCUT2D eigenvalue weighted by Crippen LogP contribution is -2.34. The van der Waals surface area contributed by atoms with Gasteiger partial charge in [-0.3, -0.25) is 14.9 Å². The second-order valence-corrected chi connectivity index (χ2v) is 7.13. The largest absolute Gasteiger partial charge is 0.416 e. The van der Waals surface area contributed by atoms with Gasteiger partial charge in [0.2, 0.25) is 5.91 Å². The molecule has 28 heavy (non-hydrogen) atoms. The molecular formula is C17H22ClF3N4O3. The molecule has 0 aromatic heterocycles. The highest BCUT2D eigenvalue weighted by molar-refractivity contribution is 5.85. The molecule has 1 heterocycles. The average molecular weight is 423 g/mol. The topological polar surface area (TPSA) is 102 Å². The van der Waals surface area contributed by atoms with Crippen LogP contribution in [-0.2, 0) is 11.0 Å². The molecule has 156 valence electrons. The number of nitro groups is 1. The number of alkyl halides is 3. The minimum absolute atomic E-state index is 0. The van der Waals surface area contributed by atoms with Crippen LogP contribution in [0, 0.1) is 22.0 Å². The van der Waals surface area contributed by atoms with Crippen molar-refractivity contribution in [3.63, 3.8) is 0 Å². The lowest BCUT2D eigenvalue weighted by molar-refractivity contribution is -0.384. The predicted molar refractivity (Wildman–Crippen MR) is 99.2 cm³/mol. The van der Waals surface area contributed by atoms with E-state index in [-0.39, 0.29) is 43.0 Å². The van der Waals surface area contributed by atoms with Gasteiger partial charge in [-0.25, -0.2) is 0 Å². The van der Waals surface area contributed by atoms with Crippen molar-refractivity contribution in [2.75, 3.05) is 25.0 Å². The number of hydrogen-bond acceptors (Lipinski definition) is 5. The minimum atomic E-state index is -4.66. The Bertz CT molecular complexity index is 747. The number of halogens is 4. The summed E-state index contributed by atoms with van der Waals surface area (Å²) in [5.41, 5.74) is 4.26. The van der Waals surface area contributed by atoms with Crippen molar-refractivity contribution in [3.8, 4) is 0 Å². The van der Waals surface area contributed by atoms with E-state index in [9.17, 15) is 28.1 Å². The molecule has 1 aromatic rings. The molecule has 11 heteroatoms. The number of nitrogens with two attached hydrogens (primary N) is 1. The van der Waals surface area contributed by atoms with Crippen LogP contribution in [0.4, 0.5) is 24.5 Å². The average Bonchev–Trinajstić information content (AvgIpc) is 3.16. The van der Waals surface area contributed by atoms with Crippen LogP contribution in [0.25, 0.3) is 0 Å². The Morgan fingerprint density at radius 1 is 1.32 bits per heavy atom. The summed E-state index contributed by atoms with van der Waals surface area (Å²) in [6.45, 7) is 1.41. The first-order chi connectivity index (χ1) is 12.7. The first kappa shape index (κ1) is 22.2. The van der Waals surface area contributed by atoms with E-state index in [0.29, 0.717) is 31.0 Å². The summed E-state index contributed by atoms with van der Waals surface area (Å²) in [6.07, 6.45) is -2.55. The molecule has 7 nitrogen and oxygen atoms in total. The molecule has 0 spiro atoms. The van der Waals surface area contributed by atoms with E-state index in [4.69, 9.17) is 5.73 Å².